The number of aliphatic hydroxyl groups excluding tert-OH is 1. The van der Waals surface area contributed by atoms with E-state index in [1.807, 2.05) is 19.1 Å². The Bertz CT molecular complexity index is 426. The predicted octanol–water partition coefficient (Wildman–Crippen LogP) is 0.551. The Hall–Kier alpha value is -1.79. The van der Waals surface area contributed by atoms with Crippen LogP contribution in [0.25, 0.3) is 0 Å². The molecule has 0 spiro atoms. The molecule has 6 nitrogen and oxygen atoms in total. The van der Waals surface area contributed by atoms with Crippen molar-refractivity contribution in [2.75, 3.05) is 33.4 Å². The van der Waals surface area contributed by atoms with Crippen molar-refractivity contribution in [3.63, 3.8) is 0 Å². The number of hydrogen-bond donors (Lipinski definition) is 3. The molecule has 1 aromatic rings. The molecule has 118 valence electrons. The van der Waals surface area contributed by atoms with E-state index >= 15 is 0 Å². The molecule has 0 aliphatic carbocycles. The first-order valence-corrected chi connectivity index (χ1v) is 7.08. The maximum atomic E-state index is 11.3. The molecular weight excluding hydrogens is 272 g/mol. The van der Waals surface area contributed by atoms with Crippen LogP contribution >= 0.6 is 0 Å². The monoisotopic (exact) mass is 296 g/mol. The van der Waals surface area contributed by atoms with Crippen LogP contribution in [-0.2, 0) is 4.79 Å². The number of aliphatic hydroxyl groups is 1. The fourth-order valence-corrected chi connectivity index (χ4v) is 1.66. The largest absolute Gasteiger partial charge is 0.493 e. The minimum atomic E-state index is -0.700. The fraction of sp³-hybridized carbons (Fsp3) is 0.533. The van der Waals surface area contributed by atoms with Gasteiger partial charge >= 0.3 is 0 Å². The van der Waals surface area contributed by atoms with Gasteiger partial charge in [-0.25, -0.2) is 0 Å². The minimum absolute atomic E-state index is 0.0744. The fourth-order valence-electron chi connectivity index (χ4n) is 1.66. The molecule has 0 aliphatic rings. The standard InChI is InChI=1S/C15H24N2O4/c1-3-8-17-15(19)10-16-9-12(18)11-21-14-7-5-4-6-13(14)20-2/h4-7,12,16,18H,3,8-11H2,1-2H3,(H,17,19). The highest BCUT2D eigenvalue weighted by Crippen LogP contribution is 2.25. The van der Waals surface area contributed by atoms with Crippen LogP contribution in [0.3, 0.4) is 0 Å². The van der Waals surface area contributed by atoms with Crippen molar-refractivity contribution >= 4 is 5.91 Å². The Morgan fingerprint density at radius 2 is 2.05 bits per heavy atom. The normalized spacial score (nSPS) is 11.8. The van der Waals surface area contributed by atoms with E-state index in [0.29, 0.717) is 18.0 Å². The van der Waals surface area contributed by atoms with E-state index in [4.69, 9.17) is 9.47 Å². The van der Waals surface area contributed by atoms with E-state index in [1.54, 1.807) is 19.2 Å². The molecule has 3 N–H and O–H groups in total. The van der Waals surface area contributed by atoms with Crippen molar-refractivity contribution in [2.24, 2.45) is 0 Å². The van der Waals surface area contributed by atoms with Gasteiger partial charge in [-0.1, -0.05) is 19.1 Å². The first-order valence-electron chi connectivity index (χ1n) is 7.08. The van der Waals surface area contributed by atoms with Gasteiger partial charge in [0.05, 0.1) is 13.7 Å². The molecule has 0 radical (unpaired) electrons. The van der Waals surface area contributed by atoms with E-state index in [-0.39, 0.29) is 25.6 Å². The number of amides is 1. The summed E-state index contributed by atoms with van der Waals surface area (Å²) in [4.78, 5) is 11.3. The van der Waals surface area contributed by atoms with Crippen molar-refractivity contribution in [3.05, 3.63) is 24.3 Å². The van der Waals surface area contributed by atoms with E-state index in [0.717, 1.165) is 6.42 Å². The van der Waals surface area contributed by atoms with Crippen molar-refractivity contribution in [2.45, 2.75) is 19.4 Å². The maximum absolute atomic E-state index is 11.3. The van der Waals surface area contributed by atoms with Crippen LogP contribution in [0, 0.1) is 0 Å². The second-order valence-corrected chi connectivity index (χ2v) is 4.60. The number of benzene rings is 1. The van der Waals surface area contributed by atoms with E-state index < -0.39 is 6.10 Å². The zero-order chi connectivity index (χ0) is 15.5. The van der Waals surface area contributed by atoms with Gasteiger partial charge in [-0.2, -0.15) is 0 Å². The minimum Gasteiger partial charge on any atom is -0.493 e. The Balaban J connectivity index is 2.22. The van der Waals surface area contributed by atoms with E-state index in [2.05, 4.69) is 10.6 Å². The molecule has 0 saturated carbocycles. The highest BCUT2D eigenvalue weighted by molar-refractivity contribution is 5.77. The lowest BCUT2D eigenvalue weighted by atomic mass is 10.3. The zero-order valence-corrected chi connectivity index (χ0v) is 12.6. The SMILES string of the molecule is CCCNC(=O)CNCC(O)COc1ccccc1OC. The summed E-state index contributed by atoms with van der Waals surface area (Å²) in [6.45, 7) is 3.26. The quantitative estimate of drug-likeness (QED) is 0.587. The summed E-state index contributed by atoms with van der Waals surface area (Å²) in [6.07, 6.45) is 0.204. The lowest BCUT2D eigenvalue weighted by molar-refractivity contribution is -0.120. The molecule has 1 amide bonds. The molecule has 0 aliphatic heterocycles. The first-order chi connectivity index (χ1) is 10.2. The molecule has 1 atom stereocenters. The van der Waals surface area contributed by atoms with Crippen LogP contribution in [0.15, 0.2) is 24.3 Å². The van der Waals surface area contributed by atoms with E-state index in [1.165, 1.54) is 0 Å². The van der Waals surface area contributed by atoms with Crippen molar-refractivity contribution in [1.29, 1.82) is 0 Å². The van der Waals surface area contributed by atoms with Gasteiger partial charge in [0.2, 0.25) is 5.91 Å². The topological polar surface area (TPSA) is 79.8 Å². The summed E-state index contributed by atoms with van der Waals surface area (Å²) in [5, 5.41) is 15.4. The van der Waals surface area contributed by atoms with Gasteiger partial charge in [0.15, 0.2) is 11.5 Å². The van der Waals surface area contributed by atoms with Crippen molar-refractivity contribution in [1.82, 2.24) is 10.6 Å². The van der Waals surface area contributed by atoms with Gasteiger partial charge in [0.25, 0.3) is 0 Å². The third kappa shape index (κ3) is 6.97. The van der Waals surface area contributed by atoms with Gasteiger partial charge in [0, 0.05) is 13.1 Å². The van der Waals surface area contributed by atoms with Crippen LogP contribution in [0.4, 0.5) is 0 Å². The third-order valence-corrected chi connectivity index (χ3v) is 2.74. The average molecular weight is 296 g/mol. The Labute approximate surface area is 125 Å². The summed E-state index contributed by atoms with van der Waals surface area (Å²) in [7, 11) is 1.56. The second kappa shape index (κ2) is 10.0. The highest BCUT2D eigenvalue weighted by atomic mass is 16.5. The zero-order valence-electron chi connectivity index (χ0n) is 12.6. The Morgan fingerprint density at radius 3 is 2.71 bits per heavy atom. The number of hydrogen-bond acceptors (Lipinski definition) is 5. The molecule has 1 rings (SSSR count). The number of rotatable bonds is 10. The Morgan fingerprint density at radius 1 is 1.33 bits per heavy atom. The lowest BCUT2D eigenvalue weighted by Gasteiger charge is -2.14. The third-order valence-electron chi connectivity index (χ3n) is 2.74. The number of carbonyl (C=O) groups is 1. The molecule has 0 bridgehead atoms. The number of ether oxygens (including phenoxy) is 2. The summed E-state index contributed by atoms with van der Waals surface area (Å²) in [6, 6.07) is 7.24. The number of para-hydroxylation sites is 2. The summed E-state index contributed by atoms with van der Waals surface area (Å²) in [5.74, 6) is 1.13. The molecule has 1 aromatic carbocycles. The Kier molecular flexibility index (Phi) is 8.23. The molecule has 0 saturated heterocycles. The van der Waals surface area contributed by atoms with Gasteiger partial charge in [-0.15, -0.1) is 0 Å². The second-order valence-electron chi connectivity index (χ2n) is 4.60. The van der Waals surface area contributed by atoms with Crippen LogP contribution in [0.1, 0.15) is 13.3 Å². The summed E-state index contributed by atoms with van der Waals surface area (Å²) >= 11 is 0. The molecule has 6 heteroatoms. The number of methoxy groups -OCH3 is 1. The summed E-state index contributed by atoms with van der Waals surface area (Å²) in [5.41, 5.74) is 0. The number of nitrogens with one attached hydrogen (secondary N) is 2. The smallest absolute Gasteiger partial charge is 0.233 e. The first kappa shape index (κ1) is 17.3. The maximum Gasteiger partial charge on any atom is 0.233 e. The molecule has 21 heavy (non-hydrogen) atoms. The van der Waals surface area contributed by atoms with Gasteiger partial charge in [-0.3, -0.25) is 4.79 Å². The van der Waals surface area contributed by atoms with Gasteiger partial charge in [-0.05, 0) is 18.6 Å². The lowest BCUT2D eigenvalue weighted by Crippen LogP contribution is -2.39. The van der Waals surface area contributed by atoms with Gasteiger partial charge in [0.1, 0.15) is 12.7 Å². The van der Waals surface area contributed by atoms with Crippen LogP contribution in [0.5, 0.6) is 11.5 Å². The van der Waals surface area contributed by atoms with Crippen LogP contribution in [0.2, 0.25) is 0 Å². The molecule has 0 heterocycles. The van der Waals surface area contributed by atoms with E-state index in [9.17, 15) is 9.90 Å². The molecule has 0 aromatic heterocycles. The molecular formula is C15H24N2O4. The highest BCUT2D eigenvalue weighted by Gasteiger charge is 2.08. The molecule has 0 fully saturated rings. The molecule has 1 unspecified atom stereocenters. The summed E-state index contributed by atoms with van der Waals surface area (Å²) < 4.78 is 10.6. The van der Waals surface area contributed by atoms with Crippen LogP contribution < -0.4 is 20.1 Å². The average Bonchev–Trinajstić information content (AvgIpc) is 2.51. The van der Waals surface area contributed by atoms with Gasteiger partial charge < -0.3 is 25.2 Å². The van der Waals surface area contributed by atoms with Crippen LogP contribution in [-0.4, -0.2) is 50.5 Å². The van der Waals surface area contributed by atoms with Crippen molar-refractivity contribution < 1.29 is 19.4 Å². The number of carbonyl (C=O) groups excluding carboxylic acids is 1. The van der Waals surface area contributed by atoms with Crippen molar-refractivity contribution in [3.8, 4) is 11.5 Å². The predicted molar refractivity (Wildman–Crippen MR) is 80.7 cm³/mol.